The van der Waals surface area contributed by atoms with Gasteiger partial charge in [0, 0.05) is 102 Å². The van der Waals surface area contributed by atoms with Gasteiger partial charge in [-0.1, -0.05) is 35.9 Å². The van der Waals surface area contributed by atoms with Crippen molar-refractivity contribution in [3.05, 3.63) is 81.4 Å². The van der Waals surface area contributed by atoms with Gasteiger partial charge in [0.25, 0.3) is 11.8 Å². The summed E-state index contributed by atoms with van der Waals surface area (Å²) in [6.45, 7) is 7.78. The molecule has 0 atom stereocenters. The number of nitrogens with zero attached hydrogens (tertiary/aromatic N) is 6. The maximum atomic E-state index is 13.8. The first kappa shape index (κ1) is 39.3. The molecule has 4 aliphatic rings. The van der Waals surface area contributed by atoms with E-state index in [-0.39, 0.29) is 23.7 Å². The highest BCUT2D eigenvalue weighted by Crippen LogP contribution is 2.38. The minimum Gasteiger partial charge on any atom is -0.469 e. The third-order valence-electron chi connectivity index (χ3n) is 12.8. The molecule has 302 valence electrons. The van der Waals surface area contributed by atoms with E-state index in [2.05, 4.69) is 20.4 Å². The molecule has 2 N–H and O–H groups in total. The number of nitrogens with one attached hydrogen (secondary N) is 2. The number of aromatic nitrogens is 4. The number of carbonyl (C=O) groups excluding carboxylic acids is 3. The van der Waals surface area contributed by atoms with Gasteiger partial charge in [0.15, 0.2) is 11.6 Å². The molecule has 0 radical (unpaired) electrons. The fourth-order valence-electron chi connectivity index (χ4n) is 9.42. The minimum atomic E-state index is -0.329. The quantitative estimate of drug-likeness (QED) is 0.191. The SMILES string of the molecule is COC(=O)[C@H]1CC[C@@H](CN2CCc3c(nc(C(=O)Nc4cccc(-c5cccc(NC(=O)c6nc7c(n6C)CCN(C6CCOCC6)C7)c5C)c4Cl)n3C)C2)CC1. The second-order valence-electron chi connectivity index (χ2n) is 16.1. The first-order chi connectivity index (χ1) is 27.6. The lowest BCUT2D eigenvalue weighted by Gasteiger charge is -2.36. The zero-order chi connectivity index (χ0) is 39.8. The van der Waals surface area contributed by atoms with Gasteiger partial charge in [0.05, 0.1) is 35.1 Å². The number of rotatable bonds is 9. The highest BCUT2D eigenvalue weighted by molar-refractivity contribution is 6.36. The van der Waals surface area contributed by atoms with Crippen LogP contribution in [0.15, 0.2) is 36.4 Å². The Hall–Kier alpha value is -4.56. The number of benzene rings is 2. The summed E-state index contributed by atoms with van der Waals surface area (Å²) in [5.41, 5.74) is 7.64. The third-order valence-corrected chi connectivity index (χ3v) is 13.2. The van der Waals surface area contributed by atoms with Crippen LogP contribution in [0.2, 0.25) is 5.02 Å². The highest BCUT2D eigenvalue weighted by Gasteiger charge is 2.32. The smallest absolute Gasteiger partial charge is 0.308 e. The molecule has 4 aromatic rings. The van der Waals surface area contributed by atoms with Gasteiger partial charge in [-0.3, -0.25) is 24.2 Å². The summed E-state index contributed by atoms with van der Waals surface area (Å²) in [7, 11) is 5.28. The summed E-state index contributed by atoms with van der Waals surface area (Å²) >= 11 is 7.05. The molecule has 2 aromatic carbocycles. The topological polar surface area (TPSA) is 136 Å². The number of carbonyl (C=O) groups is 3. The molecular formula is C43H53ClN8O5. The van der Waals surface area contributed by atoms with Crippen LogP contribution in [0, 0.1) is 18.8 Å². The minimum absolute atomic E-state index is 0.0188. The van der Waals surface area contributed by atoms with Gasteiger partial charge >= 0.3 is 5.97 Å². The average Bonchev–Trinajstić information content (AvgIpc) is 3.75. The molecule has 2 aromatic heterocycles. The summed E-state index contributed by atoms with van der Waals surface area (Å²) in [6.07, 6.45) is 7.50. The van der Waals surface area contributed by atoms with Crippen molar-refractivity contribution in [2.75, 3.05) is 50.6 Å². The van der Waals surface area contributed by atoms with Crippen molar-refractivity contribution in [2.45, 2.75) is 77.4 Å². The number of fused-ring (bicyclic) bond motifs is 2. The molecule has 3 aliphatic heterocycles. The molecule has 2 fully saturated rings. The van der Waals surface area contributed by atoms with Gasteiger partial charge in [0.1, 0.15) is 0 Å². The van der Waals surface area contributed by atoms with Crippen LogP contribution in [-0.2, 0) is 54.3 Å². The van der Waals surface area contributed by atoms with Crippen LogP contribution in [0.5, 0.6) is 0 Å². The molecule has 2 amide bonds. The van der Waals surface area contributed by atoms with E-state index in [4.69, 9.17) is 31.0 Å². The Balaban J connectivity index is 0.929. The fraction of sp³-hybridized carbons (Fsp3) is 0.512. The maximum Gasteiger partial charge on any atom is 0.308 e. The van der Waals surface area contributed by atoms with Gasteiger partial charge in [-0.25, -0.2) is 9.97 Å². The van der Waals surface area contributed by atoms with E-state index < -0.39 is 0 Å². The Bertz CT molecular complexity index is 2170. The normalized spacial score (nSPS) is 20.4. The Morgan fingerprint density at radius 1 is 0.807 bits per heavy atom. The number of hydrogen-bond donors (Lipinski definition) is 2. The summed E-state index contributed by atoms with van der Waals surface area (Å²) in [5, 5.41) is 6.54. The van der Waals surface area contributed by atoms with Crippen molar-refractivity contribution in [3.63, 3.8) is 0 Å². The molecule has 5 heterocycles. The maximum absolute atomic E-state index is 13.8. The predicted molar refractivity (Wildman–Crippen MR) is 218 cm³/mol. The molecule has 8 rings (SSSR count). The van der Waals surface area contributed by atoms with Crippen LogP contribution in [0.4, 0.5) is 11.4 Å². The van der Waals surface area contributed by atoms with Gasteiger partial charge < -0.3 is 29.2 Å². The molecule has 13 nitrogen and oxygen atoms in total. The molecule has 57 heavy (non-hydrogen) atoms. The lowest BCUT2D eigenvalue weighted by molar-refractivity contribution is -0.146. The van der Waals surface area contributed by atoms with E-state index in [0.29, 0.717) is 46.6 Å². The molecule has 0 unspecified atom stereocenters. The monoisotopic (exact) mass is 796 g/mol. The Morgan fingerprint density at radius 3 is 2.07 bits per heavy atom. The Labute approximate surface area is 339 Å². The molecule has 1 saturated heterocycles. The van der Waals surface area contributed by atoms with Crippen LogP contribution in [0.3, 0.4) is 0 Å². The molecule has 0 spiro atoms. The Kier molecular flexibility index (Phi) is 11.5. The molecular weight excluding hydrogens is 744 g/mol. The van der Waals surface area contributed by atoms with Gasteiger partial charge in [0.2, 0.25) is 0 Å². The Morgan fingerprint density at radius 2 is 1.40 bits per heavy atom. The van der Waals surface area contributed by atoms with Crippen molar-refractivity contribution in [1.29, 1.82) is 0 Å². The average molecular weight is 797 g/mol. The van der Waals surface area contributed by atoms with Crippen LogP contribution in [0.1, 0.15) is 88.1 Å². The fourth-order valence-corrected chi connectivity index (χ4v) is 9.70. The number of imidazole rings is 2. The third kappa shape index (κ3) is 7.99. The largest absolute Gasteiger partial charge is 0.469 e. The van der Waals surface area contributed by atoms with E-state index in [1.54, 1.807) is 6.07 Å². The van der Waals surface area contributed by atoms with E-state index in [9.17, 15) is 14.4 Å². The number of anilines is 2. The van der Waals surface area contributed by atoms with E-state index in [1.807, 2.05) is 60.5 Å². The zero-order valence-corrected chi connectivity index (χ0v) is 34.2. The summed E-state index contributed by atoms with van der Waals surface area (Å²) in [4.78, 5) is 54.1. The zero-order valence-electron chi connectivity index (χ0n) is 33.4. The highest BCUT2D eigenvalue weighted by atomic mass is 35.5. The van der Waals surface area contributed by atoms with E-state index in [1.165, 1.54) is 7.11 Å². The lowest BCUT2D eigenvalue weighted by Crippen LogP contribution is -2.42. The number of halogens is 1. The van der Waals surface area contributed by atoms with Crippen molar-refractivity contribution in [1.82, 2.24) is 28.9 Å². The number of ether oxygens (including phenoxy) is 2. The van der Waals surface area contributed by atoms with Gasteiger partial charge in [-0.2, -0.15) is 0 Å². The molecule has 14 heteroatoms. The van der Waals surface area contributed by atoms with E-state index >= 15 is 0 Å². The molecule has 1 aliphatic carbocycles. The summed E-state index contributed by atoms with van der Waals surface area (Å²) < 4.78 is 14.4. The second-order valence-corrected chi connectivity index (χ2v) is 16.5. The van der Waals surface area contributed by atoms with Gasteiger partial charge in [-0.05, 0) is 74.6 Å². The van der Waals surface area contributed by atoms with E-state index in [0.717, 1.165) is 130 Å². The number of hydrogen-bond acceptors (Lipinski definition) is 9. The summed E-state index contributed by atoms with van der Waals surface area (Å²) in [6, 6.07) is 11.8. The van der Waals surface area contributed by atoms with Crippen LogP contribution in [0.25, 0.3) is 11.1 Å². The number of amides is 2. The first-order valence-electron chi connectivity index (χ1n) is 20.3. The van der Waals surface area contributed by atoms with Crippen molar-refractivity contribution >= 4 is 40.8 Å². The second kappa shape index (κ2) is 16.7. The van der Waals surface area contributed by atoms with Gasteiger partial charge in [-0.15, -0.1) is 0 Å². The predicted octanol–water partition coefficient (Wildman–Crippen LogP) is 6.16. The standard InChI is InChI=1S/C43H53ClN8O5/c1-26-30(7-5-9-32(26)47-41(53)39-46-35-25-52(20-16-37(35)50(39)3)29-17-21-57-22-18-29)31-8-6-10-33(38(31)44)48-42(54)40-45-34-24-51(19-15-36(34)49(40)2)23-27-11-13-28(14-12-27)43(55)56-4/h5-10,27-29H,11-25H2,1-4H3,(H,47,53)(H,48,54)/t27-,28+. The van der Waals surface area contributed by atoms with Crippen molar-refractivity contribution in [3.8, 4) is 11.1 Å². The van der Waals surface area contributed by atoms with Crippen LogP contribution >= 0.6 is 11.6 Å². The summed E-state index contributed by atoms with van der Waals surface area (Å²) in [5.74, 6) is 0.607. The van der Waals surface area contributed by atoms with Crippen LogP contribution < -0.4 is 10.6 Å². The number of esters is 1. The lowest BCUT2D eigenvalue weighted by atomic mass is 9.81. The van der Waals surface area contributed by atoms with Crippen LogP contribution in [-0.4, -0.2) is 92.7 Å². The molecule has 0 bridgehead atoms. The molecule has 1 saturated carbocycles. The number of methoxy groups -OCH3 is 1. The van der Waals surface area contributed by atoms with Crippen molar-refractivity contribution in [2.24, 2.45) is 25.9 Å². The van der Waals surface area contributed by atoms with Crippen molar-refractivity contribution < 1.29 is 23.9 Å². The first-order valence-corrected chi connectivity index (χ1v) is 20.7.